The molecule has 2 N–H and O–H groups in total. The fourth-order valence-electron chi connectivity index (χ4n) is 1.85. The molecule has 0 spiro atoms. The summed E-state index contributed by atoms with van der Waals surface area (Å²) in [4.78, 5) is 22.4. The quantitative estimate of drug-likeness (QED) is 0.684. The van der Waals surface area contributed by atoms with Crippen molar-refractivity contribution < 1.29 is 27.9 Å². The van der Waals surface area contributed by atoms with Crippen LogP contribution in [0.15, 0.2) is 23.1 Å². The lowest BCUT2D eigenvalue weighted by Gasteiger charge is -2.15. The van der Waals surface area contributed by atoms with Gasteiger partial charge in [-0.2, -0.15) is 4.72 Å². The van der Waals surface area contributed by atoms with Crippen LogP contribution in [0.5, 0.6) is 0 Å². The van der Waals surface area contributed by atoms with Crippen LogP contribution in [0.2, 0.25) is 5.02 Å². The second kappa shape index (κ2) is 8.28. The number of hydrogen-bond donors (Lipinski definition) is 2. The standard InChI is InChI=1S/C14H18ClNO6S/c1-3-4-5-12(13(17)18)16-23(20,21)11-7-9(14(19)22-2)6-10(15)8-11/h6-8,12,16H,3-5H2,1-2H3,(H,17,18). The summed E-state index contributed by atoms with van der Waals surface area (Å²) in [6.07, 6.45) is 1.45. The van der Waals surface area contributed by atoms with Crippen LogP contribution in [0.25, 0.3) is 0 Å². The molecule has 1 aromatic carbocycles. The number of ether oxygens (including phenoxy) is 1. The molecule has 1 rings (SSSR count). The van der Waals surface area contributed by atoms with E-state index in [1.807, 2.05) is 6.92 Å². The number of carboxylic acid groups (broad SMARTS) is 1. The summed E-state index contributed by atoms with van der Waals surface area (Å²) in [6, 6.07) is 2.23. The molecule has 0 radical (unpaired) electrons. The highest BCUT2D eigenvalue weighted by Crippen LogP contribution is 2.20. The Morgan fingerprint density at radius 2 is 2.00 bits per heavy atom. The number of benzene rings is 1. The Morgan fingerprint density at radius 1 is 1.35 bits per heavy atom. The van der Waals surface area contributed by atoms with E-state index in [1.165, 1.54) is 6.07 Å². The Bertz CT molecular complexity index is 689. The van der Waals surface area contributed by atoms with Crippen LogP contribution >= 0.6 is 11.6 Å². The molecule has 9 heteroatoms. The number of sulfonamides is 1. The summed E-state index contributed by atoms with van der Waals surface area (Å²) >= 11 is 5.82. The van der Waals surface area contributed by atoms with Crippen molar-refractivity contribution in [2.24, 2.45) is 0 Å². The third-order valence-electron chi connectivity index (χ3n) is 3.04. The average Bonchev–Trinajstić information content (AvgIpc) is 2.49. The number of halogens is 1. The smallest absolute Gasteiger partial charge is 0.337 e. The van der Waals surface area contributed by atoms with Gasteiger partial charge in [-0.25, -0.2) is 13.2 Å². The van der Waals surface area contributed by atoms with Crippen molar-refractivity contribution >= 4 is 33.6 Å². The second-order valence-electron chi connectivity index (χ2n) is 4.82. The molecule has 128 valence electrons. The fraction of sp³-hybridized carbons (Fsp3) is 0.429. The summed E-state index contributed by atoms with van der Waals surface area (Å²) in [7, 11) is -2.99. The topological polar surface area (TPSA) is 110 Å². The summed E-state index contributed by atoms with van der Waals surface area (Å²) in [6.45, 7) is 1.87. The molecular formula is C14H18ClNO6S. The van der Waals surface area contributed by atoms with Crippen LogP contribution < -0.4 is 4.72 Å². The zero-order valence-electron chi connectivity index (χ0n) is 12.7. The van der Waals surface area contributed by atoms with Crippen molar-refractivity contribution in [2.75, 3.05) is 7.11 Å². The lowest BCUT2D eigenvalue weighted by molar-refractivity contribution is -0.139. The first-order valence-corrected chi connectivity index (χ1v) is 8.71. The van der Waals surface area contributed by atoms with Crippen LogP contribution in [-0.2, 0) is 19.6 Å². The number of rotatable bonds is 8. The average molecular weight is 364 g/mol. The monoisotopic (exact) mass is 363 g/mol. The van der Waals surface area contributed by atoms with Gasteiger partial charge in [-0.05, 0) is 24.6 Å². The zero-order valence-corrected chi connectivity index (χ0v) is 14.3. The number of aliphatic carboxylic acids is 1. The maximum atomic E-state index is 12.3. The first kappa shape index (κ1) is 19.4. The molecule has 1 unspecified atom stereocenters. The molecule has 1 atom stereocenters. The van der Waals surface area contributed by atoms with Crippen molar-refractivity contribution in [1.29, 1.82) is 0 Å². The van der Waals surface area contributed by atoms with Crippen molar-refractivity contribution in [3.8, 4) is 0 Å². The van der Waals surface area contributed by atoms with E-state index in [-0.39, 0.29) is 21.9 Å². The van der Waals surface area contributed by atoms with Crippen molar-refractivity contribution in [3.63, 3.8) is 0 Å². The Balaban J connectivity index is 3.14. The number of hydrogen-bond acceptors (Lipinski definition) is 5. The number of carbonyl (C=O) groups is 2. The molecule has 0 aliphatic rings. The first-order valence-electron chi connectivity index (χ1n) is 6.85. The maximum absolute atomic E-state index is 12.3. The van der Waals surface area contributed by atoms with Crippen molar-refractivity contribution in [2.45, 2.75) is 37.1 Å². The van der Waals surface area contributed by atoms with Gasteiger partial charge < -0.3 is 9.84 Å². The van der Waals surface area contributed by atoms with E-state index in [9.17, 15) is 18.0 Å². The third-order valence-corrected chi connectivity index (χ3v) is 4.71. The minimum atomic E-state index is -4.14. The summed E-state index contributed by atoms with van der Waals surface area (Å²) in [5.41, 5.74) is -0.0409. The van der Waals surface area contributed by atoms with Gasteiger partial charge in [0.05, 0.1) is 17.6 Å². The normalized spacial score (nSPS) is 12.7. The van der Waals surface area contributed by atoms with Gasteiger partial charge in [0, 0.05) is 5.02 Å². The third kappa shape index (κ3) is 5.49. The van der Waals surface area contributed by atoms with Crippen molar-refractivity contribution in [3.05, 3.63) is 28.8 Å². The van der Waals surface area contributed by atoms with Gasteiger partial charge in [0.25, 0.3) is 0 Å². The van der Waals surface area contributed by atoms with E-state index in [0.29, 0.717) is 6.42 Å². The molecular weight excluding hydrogens is 346 g/mol. The molecule has 0 fully saturated rings. The SMILES string of the molecule is CCCCC(NS(=O)(=O)c1cc(Cl)cc(C(=O)OC)c1)C(=O)O. The molecule has 0 saturated heterocycles. The number of unbranched alkanes of at least 4 members (excludes halogenated alkanes) is 1. The van der Waals surface area contributed by atoms with Gasteiger partial charge in [0.2, 0.25) is 10.0 Å². The maximum Gasteiger partial charge on any atom is 0.337 e. The van der Waals surface area contributed by atoms with Crippen molar-refractivity contribution in [1.82, 2.24) is 4.72 Å². The summed E-state index contributed by atoms with van der Waals surface area (Å²) in [5.74, 6) is -2.01. The Hall–Kier alpha value is -1.64. The molecule has 0 bridgehead atoms. The van der Waals surface area contributed by atoms with Crippen LogP contribution in [0.1, 0.15) is 36.5 Å². The predicted octanol–water partition coefficient (Wildman–Crippen LogP) is 2.05. The number of methoxy groups -OCH3 is 1. The van der Waals surface area contributed by atoms with E-state index in [0.717, 1.165) is 25.7 Å². The highest BCUT2D eigenvalue weighted by molar-refractivity contribution is 7.89. The fourth-order valence-corrected chi connectivity index (χ4v) is 3.44. The Labute approximate surface area is 139 Å². The Kier molecular flexibility index (Phi) is 6.99. The van der Waals surface area contributed by atoms with Gasteiger partial charge >= 0.3 is 11.9 Å². The largest absolute Gasteiger partial charge is 0.480 e. The van der Waals surface area contributed by atoms with E-state index in [1.54, 1.807) is 0 Å². The molecule has 0 amide bonds. The minimum Gasteiger partial charge on any atom is -0.480 e. The van der Waals surface area contributed by atoms with Gasteiger partial charge in [0.15, 0.2) is 0 Å². The molecule has 0 aliphatic heterocycles. The van der Waals surface area contributed by atoms with Gasteiger partial charge in [-0.1, -0.05) is 31.4 Å². The van der Waals surface area contributed by atoms with Crippen LogP contribution in [0.4, 0.5) is 0 Å². The number of carboxylic acids is 1. The highest BCUT2D eigenvalue weighted by atomic mass is 35.5. The highest BCUT2D eigenvalue weighted by Gasteiger charge is 2.26. The Morgan fingerprint density at radius 3 is 2.52 bits per heavy atom. The second-order valence-corrected chi connectivity index (χ2v) is 6.97. The molecule has 0 heterocycles. The van der Waals surface area contributed by atoms with Crippen LogP contribution in [-0.4, -0.2) is 38.6 Å². The summed E-state index contributed by atoms with van der Waals surface area (Å²) in [5, 5.41) is 9.14. The molecule has 23 heavy (non-hydrogen) atoms. The minimum absolute atomic E-state index is 0.0220. The molecule has 0 aromatic heterocycles. The van der Waals surface area contributed by atoms with E-state index < -0.39 is 28.0 Å². The van der Waals surface area contributed by atoms with Gasteiger partial charge in [0.1, 0.15) is 6.04 Å². The van der Waals surface area contributed by atoms with Crippen LogP contribution in [0, 0.1) is 0 Å². The van der Waals surface area contributed by atoms with Crippen LogP contribution in [0.3, 0.4) is 0 Å². The van der Waals surface area contributed by atoms with Gasteiger partial charge in [-0.15, -0.1) is 0 Å². The van der Waals surface area contributed by atoms with Gasteiger partial charge in [-0.3, -0.25) is 4.79 Å². The van der Waals surface area contributed by atoms with E-state index in [2.05, 4.69) is 9.46 Å². The molecule has 7 nitrogen and oxygen atoms in total. The lowest BCUT2D eigenvalue weighted by Crippen LogP contribution is -2.40. The van der Waals surface area contributed by atoms with E-state index in [4.69, 9.17) is 16.7 Å². The summed E-state index contributed by atoms with van der Waals surface area (Å²) < 4.78 is 31.3. The molecule has 0 aliphatic carbocycles. The number of esters is 1. The number of nitrogens with one attached hydrogen (secondary N) is 1. The number of carbonyl (C=O) groups excluding carboxylic acids is 1. The zero-order chi connectivity index (χ0) is 17.6. The first-order chi connectivity index (χ1) is 10.7. The molecule has 0 saturated carbocycles. The predicted molar refractivity (Wildman–Crippen MR) is 84.1 cm³/mol. The lowest BCUT2D eigenvalue weighted by atomic mass is 10.1. The van der Waals surface area contributed by atoms with E-state index >= 15 is 0 Å². The molecule has 1 aromatic rings.